The number of carbonyl (C=O) groups is 2. The Bertz CT molecular complexity index is 1080. The number of fused-ring (bicyclic) bond motifs is 1. The molecule has 0 saturated heterocycles. The minimum Gasteiger partial charge on any atom is -0.453 e. The molecular weight excluding hydrogens is 372 g/mol. The number of ether oxygens (including phenoxy) is 1. The predicted molar refractivity (Wildman–Crippen MR) is 109 cm³/mol. The van der Waals surface area contributed by atoms with E-state index in [1.807, 2.05) is 12.1 Å². The largest absolute Gasteiger partial charge is 0.453 e. The Hall–Kier alpha value is -3.84. The normalized spacial score (nSPS) is 11.5. The van der Waals surface area contributed by atoms with Crippen LogP contribution >= 0.6 is 0 Å². The molecule has 1 amide bonds. The van der Waals surface area contributed by atoms with Crippen LogP contribution in [-0.2, 0) is 4.74 Å². The van der Waals surface area contributed by atoms with Gasteiger partial charge in [0.25, 0.3) is 0 Å². The van der Waals surface area contributed by atoms with Crippen molar-refractivity contribution >= 4 is 28.9 Å². The van der Waals surface area contributed by atoms with Crippen molar-refractivity contribution < 1.29 is 14.3 Å². The molecule has 9 heteroatoms. The summed E-state index contributed by atoms with van der Waals surface area (Å²) in [7, 11) is 1.26. The van der Waals surface area contributed by atoms with Gasteiger partial charge in [-0.2, -0.15) is 0 Å². The number of hydrogen-bond acceptors (Lipinski definition) is 5. The minimum absolute atomic E-state index is 0.114. The molecule has 1 atom stereocenters. The number of aromatic amines is 1. The molecule has 0 saturated carbocycles. The molecule has 1 aromatic heterocycles. The van der Waals surface area contributed by atoms with Crippen molar-refractivity contribution in [2.45, 2.75) is 19.3 Å². The summed E-state index contributed by atoms with van der Waals surface area (Å²) in [5.74, 6) is 0.361. The van der Waals surface area contributed by atoms with E-state index in [9.17, 15) is 9.59 Å². The molecule has 1 unspecified atom stereocenters. The third-order valence-corrected chi connectivity index (χ3v) is 4.62. The van der Waals surface area contributed by atoms with Gasteiger partial charge >= 0.3 is 6.09 Å². The molecule has 9 nitrogen and oxygen atoms in total. The molecule has 2 N–H and O–H groups in total. The van der Waals surface area contributed by atoms with E-state index in [1.54, 1.807) is 30.3 Å². The van der Waals surface area contributed by atoms with Crippen molar-refractivity contribution in [2.75, 3.05) is 19.0 Å². The van der Waals surface area contributed by atoms with Crippen molar-refractivity contribution in [2.24, 2.45) is 5.11 Å². The first-order valence-corrected chi connectivity index (χ1v) is 9.02. The van der Waals surface area contributed by atoms with E-state index in [0.29, 0.717) is 28.7 Å². The first-order valence-electron chi connectivity index (χ1n) is 9.02. The number of azide groups is 1. The summed E-state index contributed by atoms with van der Waals surface area (Å²) in [5, 5.41) is 6.02. The van der Waals surface area contributed by atoms with Crippen molar-refractivity contribution in [3.63, 3.8) is 0 Å². The zero-order valence-electron chi connectivity index (χ0n) is 16.0. The van der Waals surface area contributed by atoms with Crippen LogP contribution in [0.4, 0.5) is 10.7 Å². The average molecular weight is 392 g/mol. The zero-order chi connectivity index (χ0) is 20.8. The maximum atomic E-state index is 12.8. The van der Waals surface area contributed by atoms with Crippen LogP contribution in [0.25, 0.3) is 21.5 Å². The van der Waals surface area contributed by atoms with E-state index < -0.39 is 6.09 Å². The van der Waals surface area contributed by atoms with Crippen LogP contribution in [0.1, 0.15) is 40.7 Å². The molecule has 2 aromatic carbocycles. The molecule has 0 bridgehead atoms. The van der Waals surface area contributed by atoms with E-state index in [4.69, 9.17) is 5.53 Å². The Labute approximate surface area is 166 Å². The molecule has 148 valence electrons. The summed E-state index contributed by atoms with van der Waals surface area (Å²) in [6, 6.07) is 12.5. The SMILES string of the molecule is COC(=O)Nc1nc2ccc(C(=O)c3ccc(C(C)CCN=[N+]=[N-])cc3)cc2[nH]1. The number of ketones is 1. The molecule has 0 fully saturated rings. The summed E-state index contributed by atoms with van der Waals surface area (Å²) < 4.78 is 4.54. The Morgan fingerprint density at radius 3 is 2.66 bits per heavy atom. The van der Waals surface area contributed by atoms with Crippen molar-refractivity contribution in [3.8, 4) is 0 Å². The first-order chi connectivity index (χ1) is 14.0. The Morgan fingerprint density at radius 2 is 1.97 bits per heavy atom. The third kappa shape index (κ3) is 4.72. The van der Waals surface area contributed by atoms with Gasteiger partial charge in [0.05, 0.1) is 18.1 Å². The molecule has 29 heavy (non-hydrogen) atoms. The fourth-order valence-electron chi connectivity index (χ4n) is 2.95. The summed E-state index contributed by atoms with van der Waals surface area (Å²) >= 11 is 0. The van der Waals surface area contributed by atoms with E-state index in [0.717, 1.165) is 12.0 Å². The lowest BCUT2D eigenvalue weighted by Gasteiger charge is -2.11. The van der Waals surface area contributed by atoms with E-state index in [1.165, 1.54) is 7.11 Å². The average Bonchev–Trinajstić information content (AvgIpc) is 3.14. The molecule has 1 heterocycles. The number of aromatic nitrogens is 2. The fourth-order valence-corrected chi connectivity index (χ4v) is 2.95. The molecule has 0 aliphatic rings. The lowest BCUT2D eigenvalue weighted by atomic mass is 9.95. The number of imidazole rings is 1. The molecule has 0 aliphatic carbocycles. The minimum atomic E-state index is -0.630. The van der Waals surface area contributed by atoms with Crippen molar-refractivity contribution in [1.29, 1.82) is 0 Å². The Morgan fingerprint density at radius 1 is 1.24 bits per heavy atom. The third-order valence-electron chi connectivity index (χ3n) is 4.62. The highest BCUT2D eigenvalue weighted by atomic mass is 16.5. The monoisotopic (exact) mass is 392 g/mol. The number of amides is 1. The van der Waals surface area contributed by atoms with Gasteiger partial charge in [0.2, 0.25) is 5.95 Å². The van der Waals surface area contributed by atoms with E-state index in [2.05, 4.69) is 37.0 Å². The quantitative estimate of drug-likeness (QED) is 0.259. The van der Waals surface area contributed by atoms with Gasteiger partial charge in [-0.25, -0.2) is 9.78 Å². The summed E-state index contributed by atoms with van der Waals surface area (Å²) in [6.45, 7) is 2.49. The number of carbonyl (C=O) groups excluding carboxylic acids is 2. The second-order valence-electron chi connectivity index (χ2n) is 6.53. The lowest BCUT2D eigenvalue weighted by Crippen LogP contribution is -2.11. The maximum absolute atomic E-state index is 12.8. The van der Waals surface area contributed by atoms with Crippen molar-refractivity contribution in [1.82, 2.24) is 9.97 Å². The van der Waals surface area contributed by atoms with E-state index >= 15 is 0 Å². The lowest BCUT2D eigenvalue weighted by molar-refractivity contribution is 0.103. The highest BCUT2D eigenvalue weighted by Crippen LogP contribution is 2.22. The number of anilines is 1. The Balaban J connectivity index is 1.76. The predicted octanol–water partition coefficient (Wildman–Crippen LogP) is 4.78. The van der Waals surface area contributed by atoms with Crippen LogP contribution < -0.4 is 5.32 Å². The van der Waals surface area contributed by atoms with Crippen LogP contribution in [0.3, 0.4) is 0 Å². The zero-order valence-corrected chi connectivity index (χ0v) is 16.0. The molecule has 3 aromatic rings. The standard InChI is InChI=1S/C20H20N6O3/c1-12(9-10-22-26-21)13-3-5-14(6-4-13)18(27)15-7-8-16-17(11-15)24-19(23-16)25-20(28)29-2/h3-8,11-12H,9-10H2,1-2H3,(H2,23,24,25,28). The van der Waals surface area contributed by atoms with E-state index in [-0.39, 0.29) is 17.6 Å². The van der Waals surface area contributed by atoms with Crippen LogP contribution in [0.15, 0.2) is 47.6 Å². The topological polar surface area (TPSA) is 133 Å². The Kier molecular flexibility index (Phi) is 6.11. The number of H-pyrrole nitrogens is 1. The number of methoxy groups -OCH3 is 1. The first kappa shape index (κ1) is 19.9. The number of nitrogens with one attached hydrogen (secondary N) is 2. The van der Waals surface area contributed by atoms with Crippen molar-refractivity contribution in [3.05, 3.63) is 69.6 Å². The molecule has 0 radical (unpaired) electrons. The number of benzene rings is 2. The molecular formula is C20H20N6O3. The maximum Gasteiger partial charge on any atom is 0.413 e. The van der Waals surface area contributed by atoms with Crippen LogP contribution in [0, 0.1) is 0 Å². The van der Waals surface area contributed by atoms with Gasteiger partial charge < -0.3 is 9.72 Å². The fraction of sp³-hybridized carbons (Fsp3) is 0.250. The number of nitrogens with zero attached hydrogens (tertiary/aromatic N) is 4. The number of hydrogen-bond donors (Lipinski definition) is 2. The van der Waals surface area contributed by atoms with Gasteiger partial charge in [0, 0.05) is 22.6 Å². The molecule has 0 aliphatic heterocycles. The highest BCUT2D eigenvalue weighted by molar-refractivity contribution is 6.10. The highest BCUT2D eigenvalue weighted by Gasteiger charge is 2.13. The molecule has 3 rings (SSSR count). The second-order valence-corrected chi connectivity index (χ2v) is 6.53. The summed E-state index contributed by atoms with van der Waals surface area (Å²) in [5.41, 5.74) is 11.8. The van der Waals surface area contributed by atoms with Crippen LogP contribution in [0.2, 0.25) is 0 Å². The van der Waals surface area contributed by atoms with Gasteiger partial charge in [-0.15, -0.1) is 0 Å². The van der Waals surface area contributed by atoms with Gasteiger partial charge in [-0.1, -0.05) is 36.3 Å². The van der Waals surface area contributed by atoms with Gasteiger partial charge in [-0.3, -0.25) is 10.1 Å². The second kappa shape index (κ2) is 8.90. The van der Waals surface area contributed by atoms with Gasteiger partial charge in [0.15, 0.2) is 5.78 Å². The van der Waals surface area contributed by atoms with Gasteiger partial charge in [-0.05, 0) is 41.6 Å². The van der Waals surface area contributed by atoms with Crippen LogP contribution in [0.5, 0.6) is 0 Å². The summed E-state index contributed by atoms with van der Waals surface area (Å²) in [4.78, 5) is 34.1. The molecule has 0 spiro atoms. The smallest absolute Gasteiger partial charge is 0.413 e. The van der Waals surface area contributed by atoms with Crippen LogP contribution in [-0.4, -0.2) is 35.5 Å². The van der Waals surface area contributed by atoms with Gasteiger partial charge in [0.1, 0.15) is 0 Å². The summed E-state index contributed by atoms with van der Waals surface area (Å²) in [6.07, 6.45) is 0.115. The number of rotatable bonds is 7.